The largest absolute Gasteiger partial charge is 0.381 e. The van der Waals surface area contributed by atoms with Crippen LogP contribution in [0.3, 0.4) is 0 Å². The molecule has 102 valence electrons. The van der Waals surface area contributed by atoms with E-state index >= 15 is 0 Å². The lowest BCUT2D eigenvalue weighted by molar-refractivity contribution is -0.0347. The Morgan fingerprint density at radius 3 is 2.59 bits per heavy atom. The summed E-state index contributed by atoms with van der Waals surface area (Å²) in [5, 5.41) is 0. The summed E-state index contributed by atoms with van der Waals surface area (Å²) in [4.78, 5) is 0. The van der Waals surface area contributed by atoms with Crippen molar-refractivity contribution in [3.05, 3.63) is 0 Å². The van der Waals surface area contributed by atoms with E-state index in [0.717, 1.165) is 32.5 Å². The highest BCUT2D eigenvalue weighted by Gasteiger charge is 2.15. The van der Waals surface area contributed by atoms with Crippen molar-refractivity contribution in [1.29, 1.82) is 0 Å². The summed E-state index contributed by atoms with van der Waals surface area (Å²) in [7, 11) is 1.81. The summed E-state index contributed by atoms with van der Waals surface area (Å²) in [6, 6.07) is 0. The van der Waals surface area contributed by atoms with E-state index in [4.69, 9.17) is 20.2 Å². The fourth-order valence-corrected chi connectivity index (χ4v) is 2.72. The highest BCUT2D eigenvalue weighted by molar-refractivity contribution is 8.13. The molecule has 0 radical (unpaired) electrons. The lowest BCUT2D eigenvalue weighted by Gasteiger charge is -2.23. The molecule has 1 aliphatic heterocycles. The van der Waals surface area contributed by atoms with E-state index in [1.807, 2.05) is 6.92 Å². The Labute approximate surface area is 108 Å². The number of hydrogen-bond donors (Lipinski definition) is 0. The monoisotopic (exact) mass is 284 g/mol. The lowest BCUT2D eigenvalue weighted by Crippen LogP contribution is -2.24. The second kappa shape index (κ2) is 7.56. The zero-order valence-corrected chi connectivity index (χ0v) is 11.8. The van der Waals surface area contributed by atoms with Crippen LogP contribution < -0.4 is 0 Å². The Hall–Kier alpha value is 0.160. The van der Waals surface area contributed by atoms with Crippen molar-refractivity contribution in [2.45, 2.75) is 38.7 Å². The van der Waals surface area contributed by atoms with Gasteiger partial charge in [-0.15, -0.1) is 0 Å². The van der Waals surface area contributed by atoms with Gasteiger partial charge >= 0.3 is 0 Å². The highest BCUT2D eigenvalue weighted by atomic mass is 35.7. The number of rotatable bonds is 7. The molecule has 0 bridgehead atoms. The maximum Gasteiger partial charge on any atom is 0.232 e. The van der Waals surface area contributed by atoms with Crippen LogP contribution in [0.25, 0.3) is 0 Å². The second-order valence-electron chi connectivity index (χ2n) is 4.61. The predicted octanol–water partition coefficient (Wildman–Crippen LogP) is 2.17. The molecule has 4 nitrogen and oxygen atoms in total. The van der Waals surface area contributed by atoms with Crippen LogP contribution in [0.1, 0.15) is 32.6 Å². The first kappa shape index (κ1) is 15.2. The average Bonchev–Trinajstić information content (AvgIpc) is 2.27. The molecule has 1 fully saturated rings. The van der Waals surface area contributed by atoms with Gasteiger partial charge in [-0.1, -0.05) is 6.92 Å². The third-order valence-corrected chi connectivity index (χ3v) is 4.17. The molecule has 0 saturated carbocycles. The molecule has 1 atom stereocenters. The quantitative estimate of drug-likeness (QED) is 0.672. The van der Waals surface area contributed by atoms with Crippen LogP contribution in [0.4, 0.5) is 0 Å². The van der Waals surface area contributed by atoms with Gasteiger partial charge in [-0.2, -0.15) is 0 Å². The molecule has 1 rings (SSSR count). The number of halogens is 1. The van der Waals surface area contributed by atoms with Crippen LogP contribution in [0.2, 0.25) is 0 Å². The molecule has 1 heterocycles. The van der Waals surface area contributed by atoms with Gasteiger partial charge in [0.25, 0.3) is 0 Å². The molecule has 0 aromatic carbocycles. The van der Waals surface area contributed by atoms with Crippen LogP contribution in [-0.2, 0) is 18.5 Å². The van der Waals surface area contributed by atoms with E-state index in [1.54, 1.807) is 0 Å². The van der Waals surface area contributed by atoms with Crippen LogP contribution in [0, 0.1) is 5.92 Å². The molecule has 0 aromatic heterocycles. The molecule has 1 unspecified atom stereocenters. The van der Waals surface area contributed by atoms with Crippen LogP contribution in [0.15, 0.2) is 0 Å². The maximum atomic E-state index is 10.8. The second-order valence-corrected chi connectivity index (χ2v) is 7.50. The summed E-state index contributed by atoms with van der Waals surface area (Å²) >= 11 is 0. The molecule has 0 spiro atoms. The molecule has 1 aliphatic rings. The molecule has 0 aromatic rings. The van der Waals surface area contributed by atoms with Gasteiger partial charge in [0.1, 0.15) is 0 Å². The lowest BCUT2D eigenvalue weighted by atomic mass is 10.1. The van der Waals surface area contributed by atoms with Gasteiger partial charge in [0, 0.05) is 30.5 Å². The Kier molecular flexibility index (Phi) is 6.77. The molecular weight excluding hydrogens is 264 g/mol. The molecule has 17 heavy (non-hydrogen) atoms. The van der Waals surface area contributed by atoms with Gasteiger partial charge in [-0.3, -0.25) is 0 Å². The number of ether oxygens (including phenoxy) is 2. The summed E-state index contributed by atoms with van der Waals surface area (Å²) in [6.07, 6.45) is 3.72. The van der Waals surface area contributed by atoms with Crippen molar-refractivity contribution in [2.24, 2.45) is 5.92 Å². The third-order valence-electron chi connectivity index (χ3n) is 2.99. The summed E-state index contributed by atoms with van der Waals surface area (Å²) in [6.45, 7) is 4.28. The fourth-order valence-electron chi connectivity index (χ4n) is 1.76. The van der Waals surface area contributed by atoms with Gasteiger partial charge in [0.15, 0.2) is 0 Å². The van der Waals surface area contributed by atoms with Crippen molar-refractivity contribution in [3.8, 4) is 0 Å². The topological polar surface area (TPSA) is 52.6 Å². The molecule has 1 saturated heterocycles. The molecule has 0 amide bonds. The van der Waals surface area contributed by atoms with Crippen molar-refractivity contribution in [3.63, 3.8) is 0 Å². The van der Waals surface area contributed by atoms with E-state index in [9.17, 15) is 8.42 Å². The van der Waals surface area contributed by atoms with E-state index in [1.165, 1.54) is 0 Å². The highest BCUT2D eigenvalue weighted by Crippen LogP contribution is 2.14. The first-order chi connectivity index (χ1) is 7.97. The zero-order valence-electron chi connectivity index (χ0n) is 10.2. The third kappa shape index (κ3) is 7.97. The van der Waals surface area contributed by atoms with Crippen molar-refractivity contribution >= 4 is 19.7 Å². The van der Waals surface area contributed by atoms with E-state index < -0.39 is 9.05 Å². The SMILES string of the molecule is CC(CCOC1CCOCC1)CCS(=O)(=O)Cl. The average molecular weight is 285 g/mol. The Morgan fingerprint density at radius 1 is 1.35 bits per heavy atom. The first-order valence-corrected chi connectivity index (χ1v) is 8.57. The molecule has 0 aliphatic carbocycles. The minimum atomic E-state index is -3.35. The Morgan fingerprint density at radius 2 is 2.00 bits per heavy atom. The summed E-state index contributed by atoms with van der Waals surface area (Å²) < 4.78 is 32.5. The predicted molar refractivity (Wildman–Crippen MR) is 67.8 cm³/mol. The first-order valence-electron chi connectivity index (χ1n) is 6.09. The van der Waals surface area contributed by atoms with Crippen LogP contribution >= 0.6 is 10.7 Å². The van der Waals surface area contributed by atoms with Crippen molar-refractivity contribution in [2.75, 3.05) is 25.6 Å². The minimum Gasteiger partial charge on any atom is -0.381 e. The minimum absolute atomic E-state index is 0.0486. The molecular formula is C11H21ClO4S. The Bertz CT molecular complexity index is 299. The normalized spacial score (nSPS) is 20.4. The van der Waals surface area contributed by atoms with Gasteiger partial charge in [-0.25, -0.2) is 8.42 Å². The van der Waals surface area contributed by atoms with Gasteiger partial charge in [0.05, 0.1) is 11.9 Å². The maximum absolute atomic E-state index is 10.8. The van der Waals surface area contributed by atoms with E-state index in [-0.39, 0.29) is 5.75 Å². The van der Waals surface area contributed by atoms with Crippen molar-refractivity contribution < 1.29 is 17.9 Å². The zero-order chi connectivity index (χ0) is 12.7. The van der Waals surface area contributed by atoms with E-state index in [0.29, 0.717) is 25.0 Å². The molecule has 6 heteroatoms. The van der Waals surface area contributed by atoms with E-state index in [2.05, 4.69) is 0 Å². The van der Waals surface area contributed by atoms with Gasteiger partial charge in [-0.05, 0) is 31.6 Å². The van der Waals surface area contributed by atoms with Crippen molar-refractivity contribution in [1.82, 2.24) is 0 Å². The Balaban J connectivity index is 2.05. The standard InChI is InChI=1S/C11H21ClO4S/c1-10(5-9-17(12,13)14)2-8-16-11-3-6-15-7-4-11/h10-11H,2-9H2,1H3. The van der Waals surface area contributed by atoms with Crippen LogP contribution in [0.5, 0.6) is 0 Å². The summed E-state index contributed by atoms with van der Waals surface area (Å²) in [5.41, 5.74) is 0. The van der Waals surface area contributed by atoms with Crippen LogP contribution in [-0.4, -0.2) is 40.1 Å². The number of hydrogen-bond acceptors (Lipinski definition) is 4. The van der Waals surface area contributed by atoms with Gasteiger partial charge < -0.3 is 9.47 Å². The van der Waals surface area contributed by atoms with Gasteiger partial charge in [0.2, 0.25) is 9.05 Å². The molecule has 0 N–H and O–H groups in total. The smallest absolute Gasteiger partial charge is 0.232 e. The fraction of sp³-hybridized carbons (Fsp3) is 1.00. The summed E-state index contributed by atoms with van der Waals surface area (Å²) in [5.74, 6) is 0.371.